The minimum atomic E-state index is -0.200. The Kier molecular flexibility index (Phi) is 8.02. The lowest BCUT2D eigenvalue weighted by Crippen LogP contribution is -2.46. The standard InChI is InChI=1S/C14H26N2O4/c1-3-20-12-7-10-16(11-8-12)14(18)15-9-5-4-6-13(17)19-2/h12H,3-11H2,1-2H3,(H,15,18). The number of hydrogen-bond donors (Lipinski definition) is 1. The van der Waals surface area contributed by atoms with E-state index in [1.807, 2.05) is 11.8 Å². The molecule has 1 heterocycles. The van der Waals surface area contributed by atoms with Crippen LogP contribution in [0.3, 0.4) is 0 Å². The minimum Gasteiger partial charge on any atom is -0.469 e. The number of methoxy groups -OCH3 is 1. The number of ether oxygens (including phenoxy) is 2. The maximum absolute atomic E-state index is 11.9. The molecule has 1 rings (SSSR count). The topological polar surface area (TPSA) is 67.9 Å². The van der Waals surface area contributed by atoms with E-state index in [9.17, 15) is 9.59 Å². The number of esters is 1. The van der Waals surface area contributed by atoms with Crippen LogP contribution in [-0.4, -0.2) is 56.4 Å². The summed E-state index contributed by atoms with van der Waals surface area (Å²) < 4.78 is 10.1. The number of amides is 2. The van der Waals surface area contributed by atoms with Gasteiger partial charge in [-0.3, -0.25) is 4.79 Å². The monoisotopic (exact) mass is 286 g/mol. The number of carbonyl (C=O) groups is 2. The smallest absolute Gasteiger partial charge is 0.317 e. The van der Waals surface area contributed by atoms with E-state index in [4.69, 9.17) is 4.74 Å². The molecule has 1 N–H and O–H groups in total. The molecule has 6 nitrogen and oxygen atoms in total. The zero-order chi connectivity index (χ0) is 14.8. The van der Waals surface area contributed by atoms with Crippen molar-refractivity contribution < 1.29 is 19.1 Å². The number of rotatable bonds is 7. The van der Waals surface area contributed by atoms with Gasteiger partial charge in [0.25, 0.3) is 0 Å². The molecule has 0 saturated carbocycles. The molecule has 20 heavy (non-hydrogen) atoms. The largest absolute Gasteiger partial charge is 0.469 e. The van der Waals surface area contributed by atoms with E-state index in [0.717, 1.165) is 45.4 Å². The van der Waals surface area contributed by atoms with Crippen molar-refractivity contribution in [2.24, 2.45) is 0 Å². The Morgan fingerprint density at radius 2 is 1.95 bits per heavy atom. The van der Waals surface area contributed by atoms with E-state index >= 15 is 0 Å². The summed E-state index contributed by atoms with van der Waals surface area (Å²) >= 11 is 0. The zero-order valence-electron chi connectivity index (χ0n) is 12.5. The summed E-state index contributed by atoms with van der Waals surface area (Å²) in [6.07, 6.45) is 4.04. The van der Waals surface area contributed by atoms with Gasteiger partial charge in [-0.2, -0.15) is 0 Å². The zero-order valence-corrected chi connectivity index (χ0v) is 12.5. The molecule has 0 radical (unpaired) electrons. The average molecular weight is 286 g/mol. The molecule has 0 atom stereocenters. The number of hydrogen-bond acceptors (Lipinski definition) is 4. The number of unbranched alkanes of at least 4 members (excludes halogenated alkanes) is 1. The van der Waals surface area contributed by atoms with Crippen molar-refractivity contribution in [1.29, 1.82) is 0 Å². The molecule has 0 unspecified atom stereocenters. The van der Waals surface area contributed by atoms with E-state index in [1.54, 1.807) is 0 Å². The van der Waals surface area contributed by atoms with Gasteiger partial charge in [-0.25, -0.2) is 4.79 Å². The number of nitrogens with zero attached hydrogens (tertiary/aromatic N) is 1. The molecule has 0 aromatic rings. The molecule has 0 aromatic heterocycles. The van der Waals surface area contributed by atoms with Crippen LogP contribution < -0.4 is 5.32 Å². The van der Waals surface area contributed by atoms with Crippen LogP contribution in [0.5, 0.6) is 0 Å². The van der Waals surface area contributed by atoms with Crippen LogP contribution in [0.1, 0.15) is 39.0 Å². The quantitative estimate of drug-likeness (QED) is 0.569. The fourth-order valence-corrected chi connectivity index (χ4v) is 2.26. The van der Waals surface area contributed by atoms with Crippen molar-refractivity contribution in [2.75, 3.05) is 33.4 Å². The van der Waals surface area contributed by atoms with Crippen molar-refractivity contribution in [3.63, 3.8) is 0 Å². The number of urea groups is 1. The first kappa shape index (κ1) is 16.8. The molecule has 1 saturated heterocycles. The van der Waals surface area contributed by atoms with Crippen molar-refractivity contribution in [2.45, 2.75) is 45.1 Å². The van der Waals surface area contributed by atoms with Crippen LogP contribution >= 0.6 is 0 Å². The van der Waals surface area contributed by atoms with Gasteiger partial charge in [0.15, 0.2) is 0 Å². The number of likely N-dealkylation sites (tertiary alicyclic amines) is 1. The molecule has 1 aliphatic heterocycles. The molecule has 0 aromatic carbocycles. The summed E-state index contributed by atoms with van der Waals surface area (Å²) in [6, 6.07) is -0.0157. The van der Waals surface area contributed by atoms with Crippen LogP contribution in [0.15, 0.2) is 0 Å². The second-order valence-electron chi connectivity index (χ2n) is 4.91. The van der Waals surface area contributed by atoms with Crippen LogP contribution in [0.4, 0.5) is 4.79 Å². The van der Waals surface area contributed by atoms with E-state index in [1.165, 1.54) is 7.11 Å². The average Bonchev–Trinajstić information content (AvgIpc) is 2.47. The summed E-state index contributed by atoms with van der Waals surface area (Å²) in [5, 5.41) is 2.89. The highest BCUT2D eigenvalue weighted by Crippen LogP contribution is 2.13. The molecule has 0 bridgehead atoms. The van der Waals surface area contributed by atoms with Gasteiger partial charge in [0.2, 0.25) is 0 Å². The molecule has 0 spiro atoms. The van der Waals surface area contributed by atoms with Gasteiger partial charge in [0.05, 0.1) is 13.2 Å². The Bertz CT molecular complexity index is 302. The normalized spacial score (nSPS) is 16.0. The van der Waals surface area contributed by atoms with E-state index in [0.29, 0.717) is 19.1 Å². The molecule has 1 aliphatic rings. The molecular weight excluding hydrogens is 260 g/mol. The van der Waals surface area contributed by atoms with Gasteiger partial charge in [-0.1, -0.05) is 0 Å². The van der Waals surface area contributed by atoms with Crippen LogP contribution in [0.25, 0.3) is 0 Å². The van der Waals surface area contributed by atoms with E-state index < -0.39 is 0 Å². The Labute approximate surface area is 120 Å². The highest BCUT2D eigenvalue weighted by Gasteiger charge is 2.22. The third kappa shape index (κ3) is 6.23. The molecule has 116 valence electrons. The predicted molar refractivity (Wildman–Crippen MR) is 75.5 cm³/mol. The fourth-order valence-electron chi connectivity index (χ4n) is 2.26. The predicted octanol–water partition coefficient (Wildman–Crippen LogP) is 1.54. The Morgan fingerprint density at radius 1 is 1.25 bits per heavy atom. The lowest BCUT2D eigenvalue weighted by atomic mass is 10.1. The van der Waals surface area contributed by atoms with Crippen molar-refractivity contribution in [3.8, 4) is 0 Å². The molecule has 0 aliphatic carbocycles. The summed E-state index contributed by atoms with van der Waals surface area (Å²) in [5.41, 5.74) is 0. The first-order valence-corrected chi connectivity index (χ1v) is 7.38. The van der Waals surface area contributed by atoms with Gasteiger partial charge in [-0.05, 0) is 32.6 Å². The first-order chi connectivity index (χ1) is 9.67. The van der Waals surface area contributed by atoms with Crippen molar-refractivity contribution in [3.05, 3.63) is 0 Å². The highest BCUT2D eigenvalue weighted by atomic mass is 16.5. The number of carbonyl (C=O) groups excluding carboxylic acids is 2. The molecular formula is C14H26N2O4. The summed E-state index contributed by atoms with van der Waals surface area (Å²) in [6.45, 7) is 4.82. The second-order valence-corrected chi connectivity index (χ2v) is 4.91. The van der Waals surface area contributed by atoms with Crippen LogP contribution in [0.2, 0.25) is 0 Å². The first-order valence-electron chi connectivity index (χ1n) is 7.38. The Balaban J connectivity index is 2.07. The third-order valence-corrected chi connectivity index (χ3v) is 3.44. The molecule has 6 heteroatoms. The number of nitrogens with one attached hydrogen (secondary N) is 1. The lowest BCUT2D eigenvalue weighted by Gasteiger charge is -2.31. The summed E-state index contributed by atoms with van der Waals surface area (Å²) in [5.74, 6) is -0.200. The maximum atomic E-state index is 11.9. The van der Waals surface area contributed by atoms with Crippen LogP contribution in [-0.2, 0) is 14.3 Å². The lowest BCUT2D eigenvalue weighted by molar-refractivity contribution is -0.140. The third-order valence-electron chi connectivity index (χ3n) is 3.44. The van der Waals surface area contributed by atoms with Gasteiger partial charge < -0.3 is 19.7 Å². The maximum Gasteiger partial charge on any atom is 0.317 e. The highest BCUT2D eigenvalue weighted by molar-refractivity contribution is 5.74. The van der Waals surface area contributed by atoms with Gasteiger partial charge >= 0.3 is 12.0 Å². The van der Waals surface area contributed by atoms with Crippen molar-refractivity contribution in [1.82, 2.24) is 10.2 Å². The van der Waals surface area contributed by atoms with Gasteiger partial charge in [-0.15, -0.1) is 0 Å². The van der Waals surface area contributed by atoms with E-state index in [2.05, 4.69) is 10.1 Å². The summed E-state index contributed by atoms with van der Waals surface area (Å²) in [7, 11) is 1.38. The minimum absolute atomic E-state index is 0.0157. The second kappa shape index (κ2) is 9.58. The van der Waals surface area contributed by atoms with Crippen molar-refractivity contribution >= 4 is 12.0 Å². The summed E-state index contributed by atoms with van der Waals surface area (Å²) in [4.78, 5) is 24.6. The molecule has 2 amide bonds. The number of piperidine rings is 1. The Morgan fingerprint density at radius 3 is 2.55 bits per heavy atom. The van der Waals surface area contributed by atoms with Gasteiger partial charge in [0.1, 0.15) is 0 Å². The SMILES string of the molecule is CCOC1CCN(C(=O)NCCCCC(=O)OC)CC1. The van der Waals surface area contributed by atoms with Crippen LogP contribution in [0, 0.1) is 0 Å². The molecule has 1 fully saturated rings. The Hall–Kier alpha value is -1.30. The van der Waals surface area contributed by atoms with Gasteiger partial charge in [0, 0.05) is 32.7 Å². The fraction of sp³-hybridized carbons (Fsp3) is 0.857. The van der Waals surface area contributed by atoms with E-state index in [-0.39, 0.29) is 12.0 Å².